The number of fused-ring (bicyclic) bond motifs is 1. The van der Waals surface area contributed by atoms with Crippen molar-refractivity contribution in [2.75, 3.05) is 46.9 Å². The fourth-order valence-corrected chi connectivity index (χ4v) is 3.13. The third kappa shape index (κ3) is 3.71. The Morgan fingerprint density at radius 3 is 2.77 bits per heavy atom. The van der Waals surface area contributed by atoms with E-state index in [1.54, 1.807) is 11.9 Å². The van der Waals surface area contributed by atoms with Crippen molar-refractivity contribution in [3.8, 4) is 0 Å². The Morgan fingerprint density at radius 2 is 2.08 bits per heavy atom. The van der Waals surface area contributed by atoms with Crippen LogP contribution in [0.1, 0.15) is 21.7 Å². The zero-order chi connectivity index (χ0) is 18.7. The fraction of sp³-hybridized carbons (Fsp3) is 0.500. The number of amides is 2. The number of carbonyl (C=O) groups excluding carboxylic acids is 2. The minimum Gasteiger partial charge on any atom is -0.378 e. The minimum atomic E-state index is -0.0836. The van der Waals surface area contributed by atoms with Crippen molar-refractivity contribution in [1.29, 1.82) is 0 Å². The predicted molar refractivity (Wildman–Crippen MR) is 97.1 cm³/mol. The van der Waals surface area contributed by atoms with Crippen LogP contribution < -0.4 is 5.32 Å². The lowest BCUT2D eigenvalue weighted by Gasteiger charge is -2.26. The van der Waals surface area contributed by atoms with Crippen LogP contribution in [0.4, 0.5) is 0 Å². The van der Waals surface area contributed by atoms with Gasteiger partial charge in [-0.15, -0.1) is 0 Å². The van der Waals surface area contributed by atoms with Gasteiger partial charge in [0.15, 0.2) is 5.69 Å². The van der Waals surface area contributed by atoms with Crippen molar-refractivity contribution < 1.29 is 14.3 Å². The Balaban J connectivity index is 1.97. The van der Waals surface area contributed by atoms with Gasteiger partial charge < -0.3 is 19.4 Å². The summed E-state index contributed by atoms with van der Waals surface area (Å²) in [6.45, 7) is 4.90. The van der Waals surface area contributed by atoms with E-state index in [2.05, 4.69) is 10.3 Å². The first-order valence-electron chi connectivity index (χ1n) is 8.74. The standard InChI is InChI=1S/C18H25N5O3/c1-13-5-4-6-23-14(11-21(3)12-15(24)19-2)16(20-17(13)23)18(25)22-7-9-26-10-8-22/h4-6H,7-12H2,1-3H3,(H,19,24). The number of hydrogen-bond donors (Lipinski definition) is 1. The number of pyridine rings is 1. The Morgan fingerprint density at radius 1 is 1.35 bits per heavy atom. The second-order valence-corrected chi connectivity index (χ2v) is 6.54. The van der Waals surface area contributed by atoms with Crippen molar-refractivity contribution >= 4 is 17.5 Å². The van der Waals surface area contributed by atoms with Gasteiger partial charge in [-0.2, -0.15) is 0 Å². The Bertz CT molecular complexity index is 811. The molecule has 1 aliphatic heterocycles. The summed E-state index contributed by atoms with van der Waals surface area (Å²) in [6, 6.07) is 3.92. The number of aryl methyl sites for hydroxylation is 1. The van der Waals surface area contributed by atoms with Gasteiger partial charge in [0.25, 0.3) is 5.91 Å². The summed E-state index contributed by atoms with van der Waals surface area (Å²) in [6.07, 6.45) is 1.91. The van der Waals surface area contributed by atoms with E-state index in [9.17, 15) is 9.59 Å². The molecule has 26 heavy (non-hydrogen) atoms. The molecule has 0 aromatic carbocycles. The van der Waals surface area contributed by atoms with Crippen LogP contribution in [-0.4, -0.2) is 77.9 Å². The van der Waals surface area contributed by atoms with Crippen LogP contribution in [0.2, 0.25) is 0 Å². The Labute approximate surface area is 152 Å². The smallest absolute Gasteiger partial charge is 0.274 e. The monoisotopic (exact) mass is 359 g/mol. The van der Waals surface area contributed by atoms with Gasteiger partial charge in [0.05, 0.1) is 25.5 Å². The average molecular weight is 359 g/mol. The number of ether oxygens (including phenoxy) is 1. The van der Waals surface area contributed by atoms with E-state index in [0.717, 1.165) is 16.9 Å². The number of nitrogens with zero attached hydrogens (tertiary/aromatic N) is 4. The molecule has 1 aliphatic rings. The maximum atomic E-state index is 13.1. The van der Waals surface area contributed by atoms with Gasteiger partial charge in [0.1, 0.15) is 5.65 Å². The maximum absolute atomic E-state index is 13.1. The Hall–Kier alpha value is -2.45. The second-order valence-electron chi connectivity index (χ2n) is 6.54. The number of hydrogen-bond acceptors (Lipinski definition) is 5. The molecule has 0 bridgehead atoms. The number of morpholine rings is 1. The van der Waals surface area contributed by atoms with Crippen molar-refractivity contribution in [2.45, 2.75) is 13.5 Å². The van der Waals surface area contributed by atoms with Crippen molar-refractivity contribution in [2.24, 2.45) is 0 Å². The summed E-state index contributed by atoms with van der Waals surface area (Å²) in [5.74, 6) is -0.154. The quantitative estimate of drug-likeness (QED) is 0.830. The largest absolute Gasteiger partial charge is 0.378 e. The van der Waals surface area contributed by atoms with Crippen LogP contribution in [0.25, 0.3) is 5.65 Å². The van der Waals surface area contributed by atoms with Crippen LogP contribution in [0.15, 0.2) is 18.3 Å². The lowest BCUT2D eigenvalue weighted by atomic mass is 10.2. The molecule has 1 N–H and O–H groups in total. The normalized spacial score (nSPS) is 14.8. The van der Waals surface area contributed by atoms with Crippen LogP contribution in [0, 0.1) is 6.92 Å². The first kappa shape index (κ1) is 18.3. The number of imidazole rings is 1. The minimum absolute atomic E-state index is 0.0708. The SMILES string of the molecule is CNC(=O)CN(C)Cc1c(C(=O)N2CCOCC2)nc2c(C)cccn12. The molecule has 0 aliphatic carbocycles. The Kier molecular flexibility index (Phi) is 5.53. The van der Waals surface area contributed by atoms with Crippen LogP contribution in [0.5, 0.6) is 0 Å². The van der Waals surface area contributed by atoms with Crippen molar-refractivity contribution in [3.63, 3.8) is 0 Å². The molecular weight excluding hydrogens is 334 g/mol. The van der Waals surface area contributed by atoms with E-state index in [1.165, 1.54) is 0 Å². The van der Waals surface area contributed by atoms with Gasteiger partial charge in [-0.1, -0.05) is 6.07 Å². The van der Waals surface area contributed by atoms with E-state index >= 15 is 0 Å². The van der Waals surface area contributed by atoms with Gasteiger partial charge in [0, 0.05) is 32.9 Å². The molecule has 3 rings (SSSR count). The molecule has 2 amide bonds. The molecule has 2 aromatic rings. The van der Waals surface area contributed by atoms with E-state index in [-0.39, 0.29) is 18.4 Å². The molecule has 0 atom stereocenters. The van der Waals surface area contributed by atoms with E-state index in [0.29, 0.717) is 38.5 Å². The highest BCUT2D eigenvalue weighted by molar-refractivity contribution is 5.94. The summed E-state index contributed by atoms with van der Waals surface area (Å²) in [5, 5.41) is 2.62. The molecule has 1 saturated heterocycles. The molecule has 8 heteroatoms. The molecule has 0 saturated carbocycles. The summed E-state index contributed by atoms with van der Waals surface area (Å²) < 4.78 is 7.29. The third-order valence-electron chi connectivity index (χ3n) is 4.56. The van der Waals surface area contributed by atoms with E-state index in [1.807, 2.05) is 41.6 Å². The summed E-state index contributed by atoms with van der Waals surface area (Å²) in [5.41, 5.74) is 3.02. The van der Waals surface area contributed by atoms with Crippen LogP contribution in [0.3, 0.4) is 0 Å². The number of carbonyl (C=O) groups is 2. The molecule has 0 radical (unpaired) electrons. The summed E-state index contributed by atoms with van der Waals surface area (Å²) >= 11 is 0. The molecule has 1 fully saturated rings. The van der Waals surface area contributed by atoms with E-state index in [4.69, 9.17) is 4.74 Å². The number of nitrogens with one attached hydrogen (secondary N) is 1. The molecule has 140 valence electrons. The molecule has 0 unspecified atom stereocenters. The van der Waals surface area contributed by atoms with Gasteiger partial charge >= 0.3 is 0 Å². The number of likely N-dealkylation sites (N-methyl/N-ethyl adjacent to an activating group) is 2. The lowest BCUT2D eigenvalue weighted by Crippen LogP contribution is -2.41. The highest BCUT2D eigenvalue weighted by atomic mass is 16.5. The van der Waals surface area contributed by atoms with Crippen LogP contribution in [-0.2, 0) is 16.1 Å². The molecule has 8 nitrogen and oxygen atoms in total. The molecule has 2 aromatic heterocycles. The van der Waals surface area contributed by atoms with Gasteiger partial charge in [-0.05, 0) is 25.6 Å². The van der Waals surface area contributed by atoms with Gasteiger partial charge in [-0.3, -0.25) is 14.5 Å². The highest BCUT2D eigenvalue weighted by Gasteiger charge is 2.26. The molecule has 3 heterocycles. The zero-order valence-corrected chi connectivity index (χ0v) is 15.5. The zero-order valence-electron chi connectivity index (χ0n) is 15.5. The predicted octanol–water partition coefficient (Wildman–Crippen LogP) is 0.293. The fourth-order valence-electron chi connectivity index (χ4n) is 3.13. The molecular formula is C18H25N5O3. The lowest BCUT2D eigenvalue weighted by molar-refractivity contribution is -0.121. The summed E-state index contributed by atoms with van der Waals surface area (Å²) in [7, 11) is 3.47. The highest BCUT2D eigenvalue weighted by Crippen LogP contribution is 2.19. The van der Waals surface area contributed by atoms with Crippen molar-refractivity contribution in [1.82, 2.24) is 24.5 Å². The van der Waals surface area contributed by atoms with Gasteiger partial charge in [0.2, 0.25) is 5.91 Å². The molecule has 0 spiro atoms. The van der Waals surface area contributed by atoms with E-state index < -0.39 is 0 Å². The number of aromatic nitrogens is 2. The van der Waals surface area contributed by atoms with Crippen LogP contribution >= 0.6 is 0 Å². The average Bonchev–Trinajstić information content (AvgIpc) is 3.01. The first-order chi connectivity index (χ1) is 12.5. The second kappa shape index (κ2) is 7.84. The topological polar surface area (TPSA) is 79.2 Å². The van der Waals surface area contributed by atoms with Crippen molar-refractivity contribution in [3.05, 3.63) is 35.3 Å². The number of rotatable bonds is 5. The van der Waals surface area contributed by atoms with Gasteiger partial charge in [-0.25, -0.2) is 4.98 Å². The third-order valence-corrected chi connectivity index (χ3v) is 4.56. The summed E-state index contributed by atoms with van der Waals surface area (Å²) in [4.78, 5) is 33.0. The first-order valence-corrected chi connectivity index (χ1v) is 8.74. The maximum Gasteiger partial charge on any atom is 0.274 e.